The topological polar surface area (TPSA) is 44.9 Å². The van der Waals surface area contributed by atoms with Gasteiger partial charge in [0.25, 0.3) is 0 Å². The molecule has 1 aliphatic rings. The monoisotopic (exact) mass is 262 g/mol. The molecule has 1 aliphatic heterocycles. The summed E-state index contributed by atoms with van der Waals surface area (Å²) in [6, 6.07) is 14.3. The van der Waals surface area contributed by atoms with Crippen molar-refractivity contribution in [2.75, 3.05) is 5.32 Å². The van der Waals surface area contributed by atoms with E-state index in [1.54, 1.807) is 0 Å². The highest BCUT2D eigenvalue weighted by atomic mass is 16.1. The summed E-state index contributed by atoms with van der Waals surface area (Å²) in [4.78, 5) is 15.6. The Morgan fingerprint density at radius 3 is 2.85 bits per heavy atom. The third kappa shape index (κ3) is 1.56. The van der Waals surface area contributed by atoms with Crippen LogP contribution in [0.5, 0.6) is 0 Å². The van der Waals surface area contributed by atoms with Crippen LogP contribution in [0.15, 0.2) is 42.5 Å². The van der Waals surface area contributed by atoms with E-state index in [0.717, 1.165) is 33.4 Å². The second kappa shape index (κ2) is 3.97. The van der Waals surface area contributed by atoms with Gasteiger partial charge >= 0.3 is 0 Å². The van der Waals surface area contributed by atoms with Gasteiger partial charge in [-0.2, -0.15) is 0 Å². The van der Waals surface area contributed by atoms with Crippen LogP contribution in [-0.2, 0) is 11.2 Å². The molecule has 0 bridgehead atoms. The SMILES string of the molecule is Cc1ccc2c(c1)-c1[nH]c3ccccc3c1CC(=O)N2. The molecule has 0 saturated carbocycles. The number of para-hydroxylation sites is 1. The normalized spacial score (nSPS) is 13.6. The molecule has 20 heavy (non-hydrogen) atoms. The number of benzene rings is 2. The highest BCUT2D eigenvalue weighted by molar-refractivity contribution is 6.05. The Kier molecular flexibility index (Phi) is 2.24. The Morgan fingerprint density at radius 1 is 1.10 bits per heavy atom. The van der Waals surface area contributed by atoms with Crippen LogP contribution in [0.1, 0.15) is 11.1 Å². The molecule has 3 heteroatoms. The van der Waals surface area contributed by atoms with Gasteiger partial charge in [-0.25, -0.2) is 0 Å². The Balaban J connectivity index is 2.11. The fourth-order valence-corrected chi connectivity index (χ4v) is 2.94. The summed E-state index contributed by atoms with van der Waals surface area (Å²) in [5.74, 6) is 0.0404. The highest BCUT2D eigenvalue weighted by Crippen LogP contribution is 2.37. The molecule has 98 valence electrons. The van der Waals surface area contributed by atoms with Crippen LogP contribution in [0.4, 0.5) is 5.69 Å². The summed E-state index contributed by atoms with van der Waals surface area (Å²) in [6.45, 7) is 2.06. The van der Waals surface area contributed by atoms with E-state index in [9.17, 15) is 4.79 Å². The molecule has 0 saturated heterocycles. The van der Waals surface area contributed by atoms with Gasteiger partial charge in [-0.1, -0.05) is 29.8 Å². The molecule has 4 rings (SSSR count). The van der Waals surface area contributed by atoms with Crippen LogP contribution in [0.3, 0.4) is 0 Å². The van der Waals surface area contributed by atoms with E-state index < -0.39 is 0 Å². The highest BCUT2D eigenvalue weighted by Gasteiger charge is 2.22. The van der Waals surface area contributed by atoms with E-state index in [0.29, 0.717) is 6.42 Å². The van der Waals surface area contributed by atoms with E-state index in [1.807, 2.05) is 24.3 Å². The summed E-state index contributed by atoms with van der Waals surface area (Å²) in [6.07, 6.45) is 0.410. The number of carbonyl (C=O) groups is 1. The summed E-state index contributed by atoms with van der Waals surface area (Å²) < 4.78 is 0. The van der Waals surface area contributed by atoms with Gasteiger partial charge < -0.3 is 10.3 Å². The van der Waals surface area contributed by atoms with Gasteiger partial charge in [0.05, 0.1) is 17.8 Å². The van der Waals surface area contributed by atoms with Gasteiger partial charge in [0.2, 0.25) is 5.91 Å². The predicted octanol–water partition coefficient (Wildman–Crippen LogP) is 3.64. The van der Waals surface area contributed by atoms with E-state index >= 15 is 0 Å². The zero-order valence-electron chi connectivity index (χ0n) is 11.2. The second-order valence-corrected chi connectivity index (χ2v) is 5.30. The molecule has 0 spiro atoms. The minimum absolute atomic E-state index is 0.0404. The molecule has 0 radical (unpaired) electrons. The lowest BCUT2D eigenvalue weighted by molar-refractivity contribution is -0.115. The molecule has 0 fully saturated rings. The van der Waals surface area contributed by atoms with Crippen LogP contribution in [0, 0.1) is 6.92 Å². The number of aromatic amines is 1. The number of carbonyl (C=O) groups excluding carboxylic acids is 1. The number of nitrogens with one attached hydrogen (secondary N) is 2. The van der Waals surface area contributed by atoms with Crippen molar-refractivity contribution in [3.05, 3.63) is 53.6 Å². The average Bonchev–Trinajstić information content (AvgIpc) is 2.73. The summed E-state index contributed by atoms with van der Waals surface area (Å²) in [7, 11) is 0. The third-order valence-corrected chi connectivity index (χ3v) is 3.87. The minimum atomic E-state index is 0.0404. The molecule has 2 N–H and O–H groups in total. The fourth-order valence-electron chi connectivity index (χ4n) is 2.94. The third-order valence-electron chi connectivity index (χ3n) is 3.87. The molecule has 1 amide bonds. The molecular weight excluding hydrogens is 248 g/mol. The molecule has 3 aromatic rings. The second-order valence-electron chi connectivity index (χ2n) is 5.30. The van der Waals surface area contributed by atoms with Gasteiger partial charge in [-0.15, -0.1) is 0 Å². The average molecular weight is 262 g/mol. The van der Waals surface area contributed by atoms with Crippen LogP contribution in [0.25, 0.3) is 22.2 Å². The number of H-pyrrole nitrogens is 1. The van der Waals surface area contributed by atoms with Crippen LogP contribution in [-0.4, -0.2) is 10.9 Å². The maximum Gasteiger partial charge on any atom is 0.228 e. The standard InChI is InChI=1S/C17H14N2O/c1-10-6-7-15-13(8-10)17-12(9-16(20)18-15)11-4-2-3-5-14(11)19-17/h2-8,19H,9H2,1H3,(H,18,20). The summed E-state index contributed by atoms with van der Waals surface area (Å²) >= 11 is 0. The van der Waals surface area contributed by atoms with Crippen molar-refractivity contribution in [1.29, 1.82) is 0 Å². The molecule has 0 atom stereocenters. The lowest BCUT2D eigenvalue weighted by atomic mass is 10.0. The van der Waals surface area contributed by atoms with Crippen molar-refractivity contribution in [1.82, 2.24) is 4.98 Å². The van der Waals surface area contributed by atoms with Gasteiger partial charge in [-0.05, 0) is 30.7 Å². The van der Waals surface area contributed by atoms with E-state index in [2.05, 4.69) is 35.4 Å². The Labute approximate surface area is 116 Å². The first kappa shape index (κ1) is 11.3. The first-order valence-corrected chi connectivity index (χ1v) is 6.73. The largest absolute Gasteiger partial charge is 0.354 e. The number of hydrogen-bond donors (Lipinski definition) is 2. The van der Waals surface area contributed by atoms with Gasteiger partial charge in [-0.3, -0.25) is 4.79 Å². The van der Waals surface area contributed by atoms with E-state index in [4.69, 9.17) is 0 Å². The molecule has 2 heterocycles. The lowest BCUT2D eigenvalue weighted by Gasteiger charge is -2.07. The van der Waals surface area contributed by atoms with Crippen LogP contribution >= 0.6 is 0 Å². The maximum absolute atomic E-state index is 12.1. The minimum Gasteiger partial charge on any atom is -0.354 e. The summed E-state index contributed by atoms with van der Waals surface area (Å²) in [5, 5.41) is 4.12. The maximum atomic E-state index is 12.1. The van der Waals surface area contributed by atoms with Crippen molar-refractivity contribution in [2.45, 2.75) is 13.3 Å². The van der Waals surface area contributed by atoms with Crippen molar-refractivity contribution in [3.8, 4) is 11.3 Å². The van der Waals surface area contributed by atoms with Crippen LogP contribution in [0.2, 0.25) is 0 Å². The lowest BCUT2D eigenvalue weighted by Crippen LogP contribution is -2.12. The number of anilines is 1. The smallest absolute Gasteiger partial charge is 0.228 e. The number of aryl methyl sites for hydroxylation is 1. The fraction of sp³-hybridized carbons (Fsp3) is 0.118. The van der Waals surface area contributed by atoms with Gasteiger partial charge in [0.1, 0.15) is 0 Å². The van der Waals surface area contributed by atoms with Gasteiger partial charge in [0.15, 0.2) is 0 Å². The Hall–Kier alpha value is -2.55. The van der Waals surface area contributed by atoms with Crippen molar-refractivity contribution < 1.29 is 4.79 Å². The number of aromatic nitrogens is 1. The quantitative estimate of drug-likeness (QED) is 0.638. The van der Waals surface area contributed by atoms with Gasteiger partial charge in [0, 0.05) is 16.5 Å². The molecule has 2 aromatic carbocycles. The number of rotatable bonds is 0. The van der Waals surface area contributed by atoms with Crippen LogP contribution < -0.4 is 5.32 Å². The predicted molar refractivity (Wildman–Crippen MR) is 80.8 cm³/mol. The molecule has 3 nitrogen and oxygen atoms in total. The first-order valence-electron chi connectivity index (χ1n) is 6.73. The number of fused-ring (bicyclic) bond motifs is 5. The molecular formula is C17H14N2O. The first-order chi connectivity index (χ1) is 9.72. The molecule has 1 aromatic heterocycles. The van der Waals surface area contributed by atoms with Crippen molar-refractivity contribution >= 4 is 22.5 Å². The van der Waals surface area contributed by atoms with E-state index in [1.165, 1.54) is 5.56 Å². The zero-order chi connectivity index (χ0) is 13.7. The van der Waals surface area contributed by atoms with E-state index in [-0.39, 0.29) is 5.91 Å². The Bertz CT molecular complexity index is 845. The number of amides is 1. The molecule has 0 aliphatic carbocycles. The molecule has 0 unspecified atom stereocenters. The van der Waals surface area contributed by atoms with Crippen molar-refractivity contribution in [2.24, 2.45) is 0 Å². The Morgan fingerprint density at radius 2 is 1.95 bits per heavy atom. The zero-order valence-corrected chi connectivity index (χ0v) is 11.2. The number of hydrogen-bond acceptors (Lipinski definition) is 1. The summed E-state index contributed by atoms with van der Waals surface area (Å²) in [5.41, 5.74) is 6.36. The van der Waals surface area contributed by atoms with Crippen molar-refractivity contribution in [3.63, 3.8) is 0 Å².